The number of fused-ring (bicyclic) bond motifs is 2. The highest BCUT2D eigenvalue weighted by atomic mass is 35.5. The Bertz CT molecular complexity index is 1180. The van der Waals surface area contributed by atoms with Gasteiger partial charge in [-0.25, -0.2) is 0 Å². The number of nitrogens with zero attached hydrogens (tertiary/aromatic N) is 2. The Morgan fingerprint density at radius 3 is 2.86 bits per heavy atom. The third-order valence-corrected chi connectivity index (χ3v) is 5.02. The third kappa shape index (κ3) is 2.47. The van der Waals surface area contributed by atoms with Crippen LogP contribution >= 0.6 is 11.6 Å². The Balaban J connectivity index is 1.71. The number of halogens is 1. The molecule has 3 aromatic rings. The van der Waals surface area contributed by atoms with Crippen LogP contribution in [0, 0.1) is 11.3 Å². The Hall–Kier alpha value is -3.63. The first kappa shape index (κ1) is 16.5. The molecule has 2 aliphatic heterocycles. The first-order valence-corrected chi connectivity index (χ1v) is 8.85. The summed E-state index contributed by atoms with van der Waals surface area (Å²) < 4.78 is 16.5. The second kappa shape index (κ2) is 6.22. The first-order chi connectivity index (χ1) is 13.7. The summed E-state index contributed by atoms with van der Waals surface area (Å²) in [5.41, 5.74) is 9.37. The molecule has 28 heavy (non-hydrogen) atoms. The molecule has 2 aliphatic rings. The van der Waals surface area contributed by atoms with E-state index in [2.05, 4.69) is 16.3 Å². The summed E-state index contributed by atoms with van der Waals surface area (Å²) in [6.45, 7) is 0.186. The number of benzene rings is 2. The van der Waals surface area contributed by atoms with Crippen molar-refractivity contribution in [3.05, 3.63) is 70.1 Å². The van der Waals surface area contributed by atoms with Gasteiger partial charge in [-0.3, -0.25) is 5.10 Å². The van der Waals surface area contributed by atoms with Gasteiger partial charge in [0.05, 0.1) is 17.2 Å². The fourth-order valence-electron chi connectivity index (χ4n) is 3.54. The van der Waals surface area contributed by atoms with E-state index >= 15 is 0 Å². The molecule has 1 atom stereocenters. The molecule has 1 unspecified atom stereocenters. The monoisotopic (exact) mass is 392 g/mol. The van der Waals surface area contributed by atoms with E-state index < -0.39 is 5.92 Å². The molecule has 0 amide bonds. The zero-order valence-electron chi connectivity index (χ0n) is 14.4. The van der Waals surface area contributed by atoms with Crippen LogP contribution in [0.4, 0.5) is 0 Å². The summed E-state index contributed by atoms with van der Waals surface area (Å²) in [5, 5.41) is 17.6. The number of H-pyrrole nitrogens is 1. The Morgan fingerprint density at radius 1 is 1.18 bits per heavy atom. The maximum atomic E-state index is 9.75. The van der Waals surface area contributed by atoms with E-state index in [1.54, 1.807) is 6.07 Å². The summed E-state index contributed by atoms with van der Waals surface area (Å²) in [5.74, 6) is 1.22. The van der Waals surface area contributed by atoms with E-state index in [1.807, 2.05) is 36.4 Å². The van der Waals surface area contributed by atoms with E-state index in [0.29, 0.717) is 39.2 Å². The smallest absolute Gasteiger partial charge is 0.244 e. The highest BCUT2D eigenvalue weighted by Crippen LogP contribution is 2.47. The summed E-state index contributed by atoms with van der Waals surface area (Å²) in [6.07, 6.45) is 0. The Labute approximate surface area is 164 Å². The molecule has 2 aromatic carbocycles. The van der Waals surface area contributed by atoms with Crippen LogP contribution in [0.3, 0.4) is 0 Å². The van der Waals surface area contributed by atoms with Crippen molar-refractivity contribution in [1.82, 2.24) is 10.2 Å². The van der Waals surface area contributed by atoms with Gasteiger partial charge in [0.25, 0.3) is 0 Å². The molecular weight excluding hydrogens is 380 g/mol. The third-order valence-electron chi connectivity index (χ3n) is 4.78. The fraction of sp³-hybridized carbons (Fsp3) is 0.100. The molecule has 0 radical (unpaired) electrons. The van der Waals surface area contributed by atoms with E-state index in [9.17, 15) is 5.26 Å². The molecule has 0 spiro atoms. The lowest BCUT2D eigenvalue weighted by Crippen LogP contribution is -2.21. The van der Waals surface area contributed by atoms with E-state index in [-0.39, 0.29) is 12.7 Å². The van der Waals surface area contributed by atoms with Crippen molar-refractivity contribution in [2.24, 2.45) is 5.73 Å². The number of aromatic nitrogens is 2. The van der Waals surface area contributed by atoms with Crippen molar-refractivity contribution in [3.8, 4) is 34.7 Å². The van der Waals surface area contributed by atoms with Gasteiger partial charge in [0.1, 0.15) is 11.6 Å². The van der Waals surface area contributed by atoms with Gasteiger partial charge in [0.15, 0.2) is 11.5 Å². The van der Waals surface area contributed by atoms with E-state index in [4.69, 9.17) is 31.5 Å². The maximum absolute atomic E-state index is 9.75. The molecule has 0 saturated heterocycles. The Kier molecular flexibility index (Phi) is 3.67. The molecule has 8 heteroatoms. The van der Waals surface area contributed by atoms with Crippen LogP contribution in [0.25, 0.3) is 11.3 Å². The summed E-state index contributed by atoms with van der Waals surface area (Å²) >= 11 is 6.20. The van der Waals surface area contributed by atoms with Crippen LogP contribution in [0.2, 0.25) is 5.02 Å². The molecule has 5 rings (SSSR count). The Morgan fingerprint density at radius 2 is 2.04 bits per heavy atom. The molecule has 3 N–H and O–H groups in total. The molecule has 1 aromatic heterocycles. The number of nitrogens with one attached hydrogen (secondary N) is 1. The molecule has 0 bridgehead atoms. The minimum atomic E-state index is -0.466. The molecule has 0 fully saturated rings. The number of rotatable bonds is 2. The number of hydrogen-bond acceptors (Lipinski definition) is 6. The molecule has 0 saturated carbocycles. The second-order valence-corrected chi connectivity index (χ2v) is 6.80. The lowest BCUT2D eigenvalue weighted by molar-refractivity contribution is 0.174. The van der Waals surface area contributed by atoms with Gasteiger partial charge in [-0.2, -0.15) is 5.26 Å². The molecule has 0 aliphatic carbocycles. The van der Waals surface area contributed by atoms with Gasteiger partial charge in [0, 0.05) is 10.6 Å². The highest BCUT2D eigenvalue weighted by Gasteiger charge is 2.36. The van der Waals surface area contributed by atoms with Gasteiger partial charge >= 0.3 is 0 Å². The standard InChI is InChI=1S/C20H13ClN4O3/c21-12-3-1-2-10(6-12)16-13(8-22)19(23)28-20-17(16)18(24-25-20)11-4-5-14-15(7-11)27-9-26-14/h1-7,16H,9,23H2,(H,24,25). The van der Waals surface area contributed by atoms with Gasteiger partial charge < -0.3 is 19.9 Å². The number of aromatic amines is 1. The predicted molar refractivity (Wildman–Crippen MR) is 101 cm³/mol. The number of nitriles is 1. The molecule has 7 nitrogen and oxygen atoms in total. The summed E-state index contributed by atoms with van der Waals surface area (Å²) in [7, 11) is 0. The predicted octanol–water partition coefficient (Wildman–Crippen LogP) is 3.68. The number of allylic oxidation sites excluding steroid dienone is 1. The van der Waals surface area contributed by atoms with Gasteiger partial charge in [-0.05, 0) is 35.9 Å². The van der Waals surface area contributed by atoms with E-state index in [0.717, 1.165) is 11.1 Å². The van der Waals surface area contributed by atoms with Crippen LogP contribution in [0.5, 0.6) is 17.4 Å². The SMILES string of the molecule is N#CC1=C(N)Oc2n[nH]c(-c3ccc4c(c3)OCO4)c2C1c1cccc(Cl)c1. The highest BCUT2D eigenvalue weighted by molar-refractivity contribution is 6.30. The summed E-state index contributed by atoms with van der Waals surface area (Å²) in [4.78, 5) is 0. The molecule has 3 heterocycles. The van der Waals surface area contributed by atoms with Crippen molar-refractivity contribution < 1.29 is 14.2 Å². The zero-order chi connectivity index (χ0) is 19.3. The normalized spacial score (nSPS) is 17.1. The van der Waals surface area contributed by atoms with Crippen molar-refractivity contribution >= 4 is 11.6 Å². The second-order valence-electron chi connectivity index (χ2n) is 6.37. The number of ether oxygens (including phenoxy) is 3. The lowest BCUT2D eigenvalue weighted by Gasteiger charge is -2.24. The van der Waals surface area contributed by atoms with Crippen LogP contribution < -0.4 is 19.9 Å². The maximum Gasteiger partial charge on any atom is 0.244 e. The van der Waals surface area contributed by atoms with Gasteiger partial charge in [-0.15, -0.1) is 5.10 Å². The van der Waals surface area contributed by atoms with Crippen LogP contribution in [0.15, 0.2) is 53.9 Å². The lowest BCUT2D eigenvalue weighted by atomic mass is 9.83. The topological polar surface area (TPSA) is 106 Å². The van der Waals surface area contributed by atoms with Crippen molar-refractivity contribution in [2.45, 2.75) is 5.92 Å². The first-order valence-electron chi connectivity index (χ1n) is 8.47. The zero-order valence-corrected chi connectivity index (χ0v) is 15.2. The minimum absolute atomic E-state index is 0.0312. The average molecular weight is 393 g/mol. The number of nitrogens with two attached hydrogens (primary N) is 1. The average Bonchev–Trinajstić information content (AvgIpc) is 3.32. The largest absolute Gasteiger partial charge is 0.454 e. The van der Waals surface area contributed by atoms with Crippen LogP contribution in [0.1, 0.15) is 17.0 Å². The van der Waals surface area contributed by atoms with Crippen molar-refractivity contribution in [3.63, 3.8) is 0 Å². The fourth-order valence-corrected chi connectivity index (χ4v) is 3.74. The van der Waals surface area contributed by atoms with E-state index in [1.165, 1.54) is 0 Å². The molecular formula is C20H13ClN4O3. The van der Waals surface area contributed by atoms with Gasteiger partial charge in [0.2, 0.25) is 18.6 Å². The van der Waals surface area contributed by atoms with Crippen molar-refractivity contribution in [2.75, 3.05) is 6.79 Å². The van der Waals surface area contributed by atoms with Crippen LogP contribution in [-0.2, 0) is 0 Å². The van der Waals surface area contributed by atoms with Gasteiger partial charge in [-0.1, -0.05) is 23.7 Å². The minimum Gasteiger partial charge on any atom is -0.454 e. The quantitative estimate of drug-likeness (QED) is 0.689. The molecule has 138 valence electrons. The summed E-state index contributed by atoms with van der Waals surface area (Å²) in [6, 6.07) is 15.1. The van der Waals surface area contributed by atoms with Crippen molar-refractivity contribution in [1.29, 1.82) is 5.26 Å². The van der Waals surface area contributed by atoms with Crippen LogP contribution in [-0.4, -0.2) is 17.0 Å². The number of hydrogen-bond donors (Lipinski definition) is 2.